The van der Waals surface area contributed by atoms with Crippen LogP contribution < -0.4 is 5.32 Å². The summed E-state index contributed by atoms with van der Waals surface area (Å²) in [6.07, 6.45) is 0. The molecule has 0 aromatic heterocycles. The molecule has 0 unspecified atom stereocenters. The fraction of sp³-hybridized carbons (Fsp3) is 0. The average molecular weight is 215 g/mol. The molecular weight excluding hydrogens is 206 g/mol. The summed E-state index contributed by atoms with van der Waals surface area (Å²) in [7, 11) is 0. The predicted octanol–water partition coefficient (Wildman–Crippen LogP) is 2.53. The molecule has 0 aliphatic carbocycles. The number of nitrogens with one attached hydrogen (secondary N) is 1. The Labute approximate surface area is 92.9 Å². The molecule has 0 heterocycles. The molecule has 1 N–H and O–H groups in total. The number of carbonyl (C=O) groups is 1. The number of fused-ring (bicyclic) bond motifs is 1. The SMILES string of the molecule is O=C(NC=S)c1cccc2ccccc12. The lowest BCUT2D eigenvalue weighted by molar-refractivity contribution is 0.0981. The maximum Gasteiger partial charge on any atom is 0.256 e. The fourth-order valence-corrected chi connectivity index (χ4v) is 1.66. The Morgan fingerprint density at radius 2 is 1.87 bits per heavy atom. The molecule has 0 saturated carbocycles. The van der Waals surface area contributed by atoms with Gasteiger partial charge in [0, 0.05) is 5.56 Å². The summed E-state index contributed by atoms with van der Waals surface area (Å²) in [6, 6.07) is 13.4. The molecule has 0 radical (unpaired) electrons. The van der Waals surface area contributed by atoms with Gasteiger partial charge in [0.05, 0.1) is 5.49 Å². The van der Waals surface area contributed by atoms with E-state index >= 15 is 0 Å². The largest absolute Gasteiger partial charge is 0.319 e. The van der Waals surface area contributed by atoms with E-state index in [-0.39, 0.29) is 5.91 Å². The lowest BCUT2D eigenvalue weighted by atomic mass is 10.0. The molecule has 0 atom stereocenters. The molecule has 0 bridgehead atoms. The first-order valence-electron chi connectivity index (χ1n) is 4.55. The molecular formula is C12H9NOS. The van der Waals surface area contributed by atoms with E-state index in [2.05, 4.69) is 17.5 Å². The van der Waals surface area contributed by atoms with Crippen LogP contribution in [0.25, 0.3) is 10.8 Å². The molecule has 74 valence electrons. The third-order valence-corrected chi connectivity index (χ3v) is 2.34. The second-order valence-corrected chi connectivity index (χ2v) is 3.35. The van der Waals surface area contributed by atoms with E-state index in [0.29, 0.717) is 5.56 Å². The molecule has 2 rings (SSSR count). The highest BCUT2D eigenvalue weighted by molar-refractivity contribution is 7.78. The Balaban J connectivity index is 2.60. The van der Waals surface area contributed by atoms with Gasteiger partial charge in [-0.2, -0.15) is 0 Å². The van der Waals surface area contributed by atoms with Crippen molar-refractivity contribution < 1.29 is 4.79 Å². The summed E-state index contributed by atoms with van der Waals surface area (Å²) in [4.78, 5) is 11.6. The lowest BCUT2D eigenvalue weighted by Gasteiger charge is -2.04. The van der Waals surface area contributed by atoms with Crippen molar-refractivity contribution in [1.82, 2.24) is 5.32 Å². The van der Waals surface area contributed by atoms with Gasteiger partial charge in [-0.15, -0.1) is 0 Å². The molecule has 0 aliphatic heterocycles. The molecule has 0 spiro atoms. The van der Waals surface area contributed by atoms with Gasteiger partial charge in [0.25, 0.3) is 5.91 Å². The summed E-state index contributed by atoms with van der Waals surface area (Å²) in [5.74, 6) is -0.165. The van der Waals surface area contributed by atoms with Gasteiger partial charge in [0.15, 0.2) is 0 Å². The summed E-state index contributed by atoms with van der Waals surface area (Å²) in [5, 5.41) is 4.49. The maximum atomic E-state index is 11.6. The zero-order chi connectivity index (χ0) is 10.7. The zero-order valence-corrected chi connectivity index (χ0v) is 8.75. The number of benzene rings is 2. The zero-order valence-electron chi connectivity index (χ0n) is 7.94. The number of thiocarbonyl (C=S) groups is 1. The van der Waals surface area contributed by atoms with Crippen LogP contribution in [-0.4, -0.2) is 11.4 Å². The Morgan fingerprint density at radius 3 is 2.67 bits per heavy atom. The van der Waals surface area contributed by atoms with Crippen LogP contribution in [0.4, 0.5) is 0 Å². The van der Waals surface area contributed by atoms with Crippen LogP contribution in [0.3, 0.4) is 0 Å². The Morgan fingerprint density at radius 1 is 1.13 bits per heavy atom. The monoisotopic (exact) mass is 215 g/mol. The minimum Gasteiger partial charge on any atom is -0.319 e. The van der Waals surface area contributed by atoms with Crippen molar-refractivity contribution in [1.29, 1.82) is 0 Å². The third kappa shape index (κ3) is 1.87. The Kier molecular flexibility index (Phi) is 2.74. The number of amides is 1. The second-order valence-electron chi connectivity index (χ2n) is 3.12. The van der Waals surface area contributed by atoms with E-state index in [1.807, 2.05) is 36.4 Å². The van der Waals surface area contributed by atoms with E-state index < -0.39 is 0 Å². The van der Waals surface area contributed by atoms with Gasteiger partial charge in [-0.05, 0) is 16.8 Å². The lowest BCUT2D eigenvalue weighted by Crippen LogP contribution is -2.20. The highest BCUT2D eigenvalue weighted by atomic mass is 32.1. The van der Waals surface area contributed by atoms with Crippen LogP contribution in [0, 0.1) is 0 Å². The van der Waals surface area contributed by atoms with Crippen LogP contribution >= 0.6 is 12.2 Å². The van der Waals surface area contributed by atoms with Crippen LogP contribution in [0.15, 0.2) is 42.5 Å². The quantitative estimate of drug-likeness (QED) is 0.780. The summed E-state index contributed by atoms with van der Waals surface area (Å²) in [6.45, 7) is 0. The predicted molar refractivity (Wildman–Crippen MR) is 65.1 cm³/mol. The molecule has 0 aliphatic rings. The van der Waals surface area contributed by atoms with Crippen LogP contribution in [0.5, 0.6) is 0 Å². The van der Waals surface area contributed by atoms with Crippen molar-refractivity contribution in [2.24, 2.45) is 0 Å². The van der Waals surface area contributed by atoms with E-state index in [9.17, 15) is 4.79 Å². The third-order valence-electron chi connectivity index (χ3n) is 2.22. The maximum absolute atomic E-state index is 11.6. The van der Waals surface area contributed by atoms with Crippen molar-refractivity contribution in [3.63, 3.8) is 0 Å². The van der Waals surface area contributed by atoms with Gasteiger partial charge >= 0.3 is 0 Å². The minimum atomic E-state index is -0.165. The fourth-order valence-electron chi connectivity index (χ4n) is 1.55. The topological polar surface area (TPSA) is 29.1 Å². The van der Waals surface area contributed by atoms with Gasteiger partial charge in [0.2, 0.25) is 0 Å². The van der Waals surface area contributed by atoms with Crippen molar-refractivity contribution in [3.05, 3.63) is 48.0 Å². The van der Waals surface area contributed by atoms with Gasteiger partial charge in [-0.3, -0.25) is 4.79 Å². The average Bonchev–Trinajstić information content (AvgIpc) is 2.28. The molecule has 2 aromatic rings. The number of carbonyl (C=O) groups excluding carboxylic acids is 1. The molecule has 15 heavy (non-hydrogen) atoms. The van der Waals surface area contributed by atoms with Crippen LogP contribution in [0.1, 0.15) is 10.4 Å². The van der Waals surface area contributed by atoms with Gasteiger partial charge in [-0.25, -0.2) is 0 Å². The van der Waals surface area contributed by atoms with Gasteiger partial charge < -0.3 is 5.32 Å². The summed E-state index contributed by atoms with van der Waals surface area (Å²) >= 11 is 4.59. The summed E-state index contributed by atoms with van der Waals surface area (Å²) < 4.78 is 0. The highest BCUT2D eigenvalue weighted by Gasteiger charge is 2.07. The number of hydrogen-bond acceptors (Lipinski definition) is 2. The molecule has 0 saturated heterocycles. The van der Waals surface area contributed by atoms with E-state index in [4.69, 9.17) is 0 Å². The van der Waals surface area contributed by atoms with Crippen molar-refractivity contribution in [2.45, 2.75) is 0 Å². The molecule has 2 nitrogen and oxygen atoms in total. The first kappa shape index (κ1) is 9.80. The minimum absolute atomic E-state index is 0.165. The Hall–Kier alpha value is -1.74. The normalized spacial score (nSPS) is 9.87. The van der Waals surface area contributed by atoms with E-state index in [1.165, 1.54) is 5.49 Å². The van der Waals surface area contributed by atoms with Gasteiger partial charge in [0.1, 0.15) is 0 Å². The highest BCUT2D eigenvalue weighted by Crippen LogP contribution is 2.17. The summed E-state index contributed by atoms with van der Waals surface area (Å²) in [5.41, 5.74) is 1.87. The molecule has 0 fully saturated rings. The van der Waals surface area contributed by atoms with Crippen molar-refractivity contribution in [2.75, 3.05) is 0 Å². The van der Waals surface area contributed by atoms with Crippen LogP contribution in [0.2, 0.25) is 0 Å². The second kappa shape index (κ2) is 4.19. The van der Waals surface area contributed by atoms with Gasteiger partial charge in [-0.1, -0.05) is 48.6 Å². The molecule has 2 aromatic carbocycles. The number of rotatable bonds is 2. The Bertz CT molecular complexity index is 517. The van der Waals surface area contributed by atoms with E-state index in [0.717, 1.165) is 10.8 Å². The number of hydrogen-bond donors (Lipinski definition) is 1. The molecule has 1 amide bonds. The van der Waals surface area contributed by atoms with Crippen LogP contribution in [-0.2, 0) is 0 Å². The standard InChI is InChI=1S/C12H9NOS/c14-12(13-8-15)11-7-3-5-9-4-1-2-6-10(9)11/h1-8H,(H,13,14,15). The molecule has 3 heteroatoms. The first-order valence-corrected chi connectivity index (χ1v) is 5.02. The smallest absolute Gasteiger partial charge is 0.256 e. The van der Waals surface area contributed by atoms with Crippen molar-refractivity contribution >= 4 is 34.4 Å². The van der Waals surface area contributed by atoms with E-state index in [1.54, 1.807) is 6.07 Å². The van der Waals surface area contributed by atoms with Crippen molar-refractivity contribution in [3.8, 4) is 0 Å². The first-order chi connectivity index (χ1) is 7.33.